The lowest BCUT2D eigenvalue weighted by Crippen LogP contribution is -2.50. The number of amides is 2. The predicted octanol–water partition coefficient (Wildman–Crippen LogP) is 1.03. The quantitative estimate of drug-likeness (QED) is 0.838. The molecule has 2 amide bonds. The summed E-state index contributed by atoms with van der Waals surface area (Å²) in [6, 6.07) is 0. The second-order valence-corrected chi connectivity index (χ2v) is 6.78. The van der Waals surface area contributed by atoms with E-state index in [0.29, 0.717) is 19.6 Å². The molecule has 0 radical (unpaired) electrons. The normalized spacial score (nSPS) is 22.5. The number of likely N-dealkylation sites (tertiary alicyclic amines) is 1. The molecular weight excluding hydrogens is 256 g/mol. The van der Waals surface area contributed by atoms with Crippen molar-refractivity contribution in [3.63, 3.8) is 0 Å². The summed E-state index contributed by atoms with van der Waals surface area (Å²) >= 11 is 0. The number of hydrogen-bond donors (Lipinski definition) is 1. The van der Waals surface area contributed by atoms with Crippen LogP contribution >= 0.6 is 0 Å². The van der Waals surface area contributed by atoms with Crippen molar-refractivity contribution in [1.82, 2.24) is 10.2 Å². The Kier molecular flexibility index (Phi) is 4.68. The van der Waals surface area contributed by atoms with Gasteiger partial charge in [-0.05, 0) is 12.8 Å². The van der Waals surface area contributed by atoms with E-state index in [-0.39, 0.29) is 29.1 Å². The summed E-state index contributed by atoms with van der Waals surface area (Å²) in [4.78, 5) is 25.9. The fourth-order valence-corrected chi connectivity index (χ4v) is 2.72. The first kappa shape index (κ1) is 15.3. The average Bonchev–Trinajstić information content (AvgIpc) is 2.42. The van der Waals surface area contributed by atoms with Gasteiger partial charge in [-0.15, -0.1) is 0 Å². The van der Waals surface area contributed by atoms with Crippen LogP contribution in [0.2, 0.25) is 0 Å². The van der Waals surface area contributed by atoms with Crippen molar-refractivity contribution in [2.24, 2.45) is 17.3 Å². The smallest absolute Gasteiger partial charge is 0.225 e. The maximum Gasteiger partial charge on any atom is 0.225 e. The van der Waals surface area contributed by atoms with Crippen LogP contribution in [0.4, 0.5) is 0 Å². The zero-order chi connectivity index (χ0) is 14.8. The second-order valence-electron chi connectivity index (χ2n) is 6.78. The van der Waals surface area contributed by atoms with Gasteiger partial charge in [-0.25, -0.2) is 0 Å². The number of nitrogens with zero attached hydrogens (tertiary/aromatic N) is 1. The third kappa shape index (κ3) is 3.51. The van der Waals surface area contributed by atoms with E-state index in [2.05, 4.69) is 12.2 Å². The van der Waals surface area contributed by atoms with E-state index in [1.165, 1.54) is 0 Å². The van der Waals surface area contributed by atoms with E-state index in [0.717, 1.165) is 26.1 Å². The highest BCUT2D eigenvalue weighted by molar-refractivity contribution is 5.80. The molecule has 0 aliphatic carbocycles. The van der Waals surface area contributed by atoms with Crippen LogP contribution in [-0.2, 0) is 14.3 Å². The Morgan fingerprint density at radius 1 is 1.30 bits per heavy atom. The molecule has 2 rings (SSSR count). The van der Waals surface area contributed by atoms with Gasteiger partial charge in [0.15, 0.2) is 0 Å². The first-order chi connectivity index (χ1) is 9.41. The summed E-state index contributed by atoms with van der Waals surface area (Å²) in [5.74, 6) is 0.424. The Morgan fingerprint density at radius 2 is 1.90 bits per heavy atom. The highest BCUT2D eigenvalue weighted by Gasteiger charge is 2.35. The van der Waals surface area contributed by atoms with E-state index < -0.39 is 0 Å². The summed E-state index contributed by atoms with van der Waals surface area (Å²) in [7, 11) is 0. The lowest BCUT2D eigenvalue weighted by Gasteiger charge is -2.39. The SMILES string of the molecule is CC(C)C(=O)N1CCC(C(=O)NCC2(C)COC2)CC1. The molecule has 2 heterocycles. The van der Waals surface area contributed by atoms with Crippen molar-refractivity contribution >= 4 is 11.8 Å². The first-order valence-corrected chi connectivity index (χ1v) is 7.55. The van der Waals surface area contributed by atoms with E-state index in [4.69, 9.17) is 4.74 Å². The van der Waals surface area contributed by atoms with Crippen LogP contribution in [0.3, 0.4) is 0 Å². The minimum absolute atomic E-state index is 0.0407. The molecule has 0 spiro atoms. The number of rotatable bonds is 4. The molecule has 0 aromatic heterocycles. The molecule has 1 N–H and O–H groups in total. The van der Waals surface area contributed by atoms with Gasteiger partial charge >= 0.3 is 0 Å². The van der Waals surface area contributed by atoms with Gasteiger partial charge in [0.1, 0.15) is 0 Å². The highest BCUT2D eigenvalue weighted by atomic mass is 16.5. The Labute approximate surface area is 121 Å². The summed E-state index contributed by atoms with van der Waals surface area (Å²) < 4.78 is 5.18. The maximum atomic E-state index is 12.1. The van der Waals surface area contributed by atoms with Gasteiger partial charge in [0.2, 0.25) is 11.8 Å². The monoisotopic (exact) mass is 282 g/mol. The Balaban J connectivity index is 1.73. The molecule has 2 aliphatic rings. The molecule has 20 heavy (non-hydrogen) atoms. The van der Waals surface area contributed by atoms with E-state index in [9.17, 15) is 9.59 Å². The largest absolute Gasteiger partial charge is 0.380 e. The minimum atomic E-state index is 0.0407. The summed E-state index contributed by atoms with van der Waals surface area (Å²) in [6.45, 7) is 9.52. The molecule has 0 bridgehead atoms. The van der Waals surface area contributed by atoms with Gasteiger partial charge in [-0.3, -0.25) is 9.59 Å². The van der Waals surface area contributed by atoms with Crippen LogP contribution in [0.1, 0.15) is 33.6 Å². The molecule has 0 unspecified atom stereocenters. The van der Waals surface area contributed by atoms with Gasteiger partial charge in [0, 0.05) is 36.9 Å². The average molecular weight is 282 g/mol. The first-order valence-electron chi connectivity index (χ1n) is 7.55. The van der Waals surface area contributed by atoms with Crippen LogP contribution in [0, 0.1) is 17.3 Å². The molecule has 0 saturated carbocycles. The van der Waals surface area contributed by atoms with Gasteiger partial charge in [-0.2, -0.15) is 0 Å². The molecule has 0 aromatic carbocycles. The van der Waals surface area contributed by atoms with Crippen LogP contribution in [-0.4, -0.2) is 49.6 Å². The molecule has 2 aliphatic heterocycles. The fourth-order valence-electron chi connectivity index (χ4n) is 2.72. The molecule has 2 saturated heterocycles. The van der Waals surface area contributed by atoms with Gasteiger partial charge in [0.05, 0.1) is 13.2 Å². The van der Waals surface area contributed by atoms with Gasteiger partial charge in [0.25, 0.3) is 0 Å². The third-order valence-corrected chi connectivity index (χ3v) is 4.26. The topological polar surface area (TPSA) is 58.6 Å². The Hall–Kier alpha value is -1.10. The number of piperidine rings is 1. The fraction of sp³-hybridized carbons (Fsp3) is 0.867. The van der Waals surface area contributed by atoms with Gasteiger partial charge in [-0.1, -0.05) is 20.8 Å². The van der Waals surface area contributed by atoms with Crippen LogP contribution in [0.25, 0.3) is 0 Å². The minimum Gasteiger partial charge on any atom is -0.380 e. The zero-order valence-corrected chi connectivity index (χ0v) is 12.8. The summed E-state index contributed by atoms with van der Waals surface area (Å²) in [5, 5.41) is 3.04. The standard InChI is InChI=1S/C15H26N2O3/c1-11(2)14(19)17-6-4-12(5-7-17)13(18)16-8-15(3)9-20-10-15/h11-12H,4-10H2,1-3H3,(H,16,18). The summed E-state index contributed by atoms with van der Waals surface area (Å²) in [6.07, 6.45) is 1.55. The van der Waals surface area contributed by atoms with E-state index in [1.807, 2.05) is 18.7 Å². The number of ether oxygens (including phenoxy) is 1. The van der Waals surface area contributed by atoms with Gasteiger partial charge < -0.3 is 15.0 Å². The number of hydrogen-bond acceptors (Lipinski definition) is 3. The lowest BCUT2D eigenvalue weighted by molar-refractivity contribution is -0.139. The molecule has 0 aromatic rings. The highest BCUT2D eigenvalue weighted by Crippen LogP contribution is 2.26. The van der Waals surface area contributed by atoms with Crippen LogP contribution < -0.4 is 5.32 Å². The Morgan fingerprint density at radius 3 is 2.35 bits per heavy atom. The second kappa shape index (κ2) is 6.12. The van der Waals surface area contributed by atoms with Crippen molar-refractivity contribution in [2.45, 2.75) is 33.6 Å². The third-order valence-electron chi connectivity index (χ3n) is 4.26. The van der Waals surface area contributed by atoms with Crippen molar-refractivity contribution < 1.29 is 14.3 Å². The van der Waals surface area contributed by atoms with Crippen molar-refractivity contribution in [3.8, 4) is 0 Å². The molecule has 2 fully saturated rings. The molecule has 0 atom stereocenters. The number of carbonyl (C=O) groups is 2. The van der Waals surface area contributed by atoms with Crippen LogP contribution in [0.5, 0.6) is 0 Å². The van der Waals surface area contributed by atoms with Crippen molar-refractivity contribution in [3.05, 3.63) is 0 Å². The predicted molar refractivity (Wildman–Crippen MR) is 76.1 cm³/mol. The molecule has 5 nitrogen and oxygen atoms in total. The molecule has 114 valence electrons. The van der Waals surface area contributed by atoms with Crippen molar-refractivity contribution in [2.75, 3.05) is 32.8 Å². The van der Waals surface area contributed by atoms with Crippen molar-refractivity contribution in [1.29, 1.82) is 0 Å². The number of nitrogens with one attached hydrogen (secondary N) is 1. The van der Waals surface area contributed by atoms with E-state index >= 15 is 0 Å². The van der Waals surface area contributed by atoms with Crippen LogP contribution in [0.15, 0.2) is 0 Å². The maximum absolute atomic E-state index is 12.1. The number of carbonyl (C=O) groups excluding carboxylic acids is 2. The summed E-state index contributed by atoms with van der Waals surface area (Å²) in [5.41, 5.74) is 0.115. The van der Waals surface area contributed by atoms with E-state index in [1.54, 1.807) is 0 Å². The zero-order valence-electron chi connectivity index (χ0n) is 12.8. The molecular formula is C15H26N2O3. The lowest BCUT2D eigenvalue weighted by atomic mass is 9.88. The Bertz CT molecular complexity index is 369. The molecule has 5 heteroatoms.